The normalized spacial score (nSPS) is 12.0. The molecule has 2 amide bonds. The molecule has 2 rings (SSSR count). The van der Waals surface area contributed by atoms with Crippen molar-refractivity contribution < 1.29 is 14.0 Å². The molecule has 0 fully saturated rings. The Morgan fingerprint density at radius 2 is 1.55 bits per heavy atom. The lowest BCUT2D eigenvalue weighted by Gasteiger charge is -2.29. The number of halogens is 1. The maximum Gasteiger partial charge on any atom is 0.242 e. The molecule has 0 aliphatic heterocycles. The van der Waals surface area contributed by atoms with E-state index in [1.165, 1.54) is 12.1 Å². The van der Waals surface area contributed by atoms with Crippen LogP contribution < -0.4 is 5.32 Å². The monoisotopic (exact) mass is 398 g/mol. The van der Waals surface area contributed by atoms with Crippen molar-refractivity contribution in [2.45, 2.75) is 53.6 Å². The van der Waals surface area contributed by atoms with Crippen molar-refractivity contribution in [3.63, 3.8) is 0 Å². The van der Waals surface area contributed by atoms with Crippen LogP contribution in [0.5, 0.6) is 0 Å². The van der Waals surface area contributed by atoms with Crippen LogP contribution >= 0.6 is 0 Å². The summed E-state index contributed by atoms with van der Waals surface area (Å²) in [7, 11) is 0. The van der Waals surface area contributed by atoms with Gasteiger partial charge in [0.1, 0.15) is 11.9 Å². The Morgan fingerprint density at radius 3 is 2.10 bits per heavy atom. The van der Waals surface area contributed by atoms with Crippen molar-refractivity contribution in [3.8, 4) is 0 Å². The lowest BCUT2D eigenvalue weighted by molar-refractivity contribution is -0.140. The first kappa shape index (κ1) is 22.6. The van der Waals surface area contributed by atoms with Gasteiger partial charge in [-0.05, 0) is 49.9 Å². The van der Waals surface area contributed by atoms with Gasteiger partial charge in [-0.1, -0.05) is 55.3 Å². The van der Waals surface area contributed by atoms with Crippen molar-refractivity contribution in [2.75, 3.05) is 6.54 Å². The highest BCUT2D eigenvalue weighted by atomic mass is 19.1. The highest BCUT2D eigenvalue weighted by Gasteiger charge is 2.26. The van der Waals surface area contributed by atoms with E-state index in [1.54, 1.807) is 24.0 Å². The first-order chi connectivity index (χ1) is 13.7. The first-order valence-electron chi connectivity index (χ1n) is 10.0. The van der Waals surface area contributed by atoms with E-state index in [0.717, 1.165) is 22.3 Å². The van der Waals surface area contributed by atoms with Gasteiger partial charge in [0.15, 0.2) is 0 Å². The van der Waals surface area contributed by atoms with Gasteiger partial charge in [0.25, 0.3) is 0 Å². The minimum absolute atomic E-state index is 0.133. The summed E-state index contributed by atoms with van der Waals surface area (Å²) in [4.78, 5) is 27.4. The molecular weight excluding hydrogens is 367 g/mol. The summed E-state index contributed by atoms with van der Waals surface area (Å²) in [6.07, 6.45) is 0.214. The molecule has 0 saturated heterocycles. The fraction of sp³-hybridized carbons (Fsp3) is 0.417. The number of hydrogen-bond acceptors (Lipinski definition) is 2. The molecule has 0 aromatic heterocycles. The standard InChI is InChI=1S/C24H31FN2O2/c1-16(2)14-26-24(29)19(5)27(15-20-6-8-22(25)9-7-20)23(28)13-21-11-17(3)10-18(4)12-21/h6-12,16,19H,13-15H2,1-5H3,(H,26,29). The van der Waals surface area contributed by atoms with Crippen LogP contribution in [-0.4, -0.2) is 29.3 Å². The number of carbonyl (C=O) groups is 2. The maximum absolute atomic E-state index is 13.3. The minimum Gasteiger partial charge on any atom is -0.354 e. The number of carbonyl (C=O) groups excluding carboxylic acids is 2. The van der Waals surface area contributed by atoms with E-state index in [0.29, 0.717) is 12.5 Å². The molecule has 2 aromatic carbocycles. The topological polar surface area (TPSA) is 49.4 Å². The Bertz CT molecular complexity index is 826. The number of aryl methyl sites for hydroxylation is 2. The summed E-state index contributed by atoms with van der Waals surface area (Å²) in [5, 5.41) is 2.90. The van der Waals surface area contributed by atoms with Crippen LogP contribution in [-0.2, 0) is 22.6 Å². The number of nitrogens with zero attached hydrogens (tertiary/aromatic N) is 1. The zero-order valence-electron chi connectivity index (χ0n) is 18.0. The lowest BCUT2D eigenvalue weighted by Crippen LogP contribution is -2.48. The zero-order chi connectivity index (χ0) is 21.6. The van der Waals surface area contributed by atoms with Gasteiger partial charge in [0.2, 0.25) is 11.8 Å². The molecule has 5 heteroatoms. The maximum atomic E-state index is 13.3. The summed E-state index contributed by atoms with van der Waals surface area (Å²) < 4.78 is 13.3. The van der Waals surface area contributed by atoms with E-state index in [9.17, 15) is 14.0 Å². The predicted octanol–water partition coefficient (Wildman–Crippen LogP) is 4.17. The predicted molar refractivity (Wildman–Crippen MR) is 114 cm³/mol. The third-order valence-electron chi connectivity index (χ3n) is 4.75. The second-order valence-electron chi connectivity index (χ2n) is 8.14. The van der Waals surface area contributed by atoms with E-state index in [2.05, 4.69) is 11.4 Å². The third-order valence-corrected chi connectivity index (χ3v) is 4.75. The molecule has 1 unspecified atom stereocenters. The van der Waals surface area contributed by atoms with Gasteiger partial charge in [0.05, 0.1) is 6.42 Å². The largest absolute Gasteiger partial charge is 0.354 e. The summed E-state index contributed by atoms with van der Waals surface area (Å²) >= 11 is 0. The van der Waals surface area contributed by atoms with Crippen LogP contribution in [0.15, 0.2) is 42.5 Å². The molecular formula is C24H31FN2O2. The molecule has 0 saturated carbocycles. The molecule has 1 atom stereocenters. The summed E-state index contributed by atoms with van der Waals surface area (Å²) in [5.74, 6) is -0.326. The van der Waals surface area contributed by atoms with Gasteiger partial charge in [0, 0.05) is 13.1 Å². The zero-order valence-corrected chi connectivity index (χ0v) is 18.0. The van der Waals surface area contributed by atoms with Gasteiger partial charge >= 0.3 is 0 Å². The highest BCUT2D eigenvalue weighted by Crippen LogP contribution is 2.15. The van der Waals surface area contributed by atoms with Crippen molar-refractivity contribution >= 4 is 11.8 Å². The molecule has 156 valence electrons. The Hall–Kier alpha value is -2.69. The fourth-order valence-corrected chi connectivity index (χ4v) is 3.27. The summed E-state index contributed by atoms with van der Waals surface area (Å²) in [6, 6.07) is 11.4. The number of nitrogens with one attached hydrogen (secondary N) is 1. The number of amides is 2. The molecule has 0 aliphatic carbocycles. The molecule has 0 spiro atoms. The molecule has 29 heavy (non-hydrogen) atoms. The fourth-order valence-electron chi connectivity index (χ4n) is 3.27. The molecule has 0 radical (unpaired) electrons. The quantitative estimate of drug-likeness (QED) is 0.725. The van der Waals surface area contributed by atoms with Gasteiger partial charge in [-0.25, -0.2) is 4.39 Å². The number of benzene rings is 2. The first-order valence-corrected chi connectivity index (χ1v) is 10.0. The van der Waals surface area contributed by atoms with E-state index in [4.69, 9.17) is 0 Å². The van der Waals surface area contributed by atoms with Crippen LogP contribution in [0.4, 0.5) is 4.39 Å². The molecule has 0 bridgehead atoms. The van der Waals surface area contributed by atoms with E-state index < -0.39 is 6.04 Å². The Kier molecular flexibility index (Phi) is 7.94. The smallest absolute Gasteiger partial charge is 0.242 e. The average molecular weight is 399 g/mol. The summed E-state index contributed by atoms with van der Waals surface area (Å²) in [6.45, 7) is 10.6. The van der Waals surface area contributed by atoms with Crippen LogP contribution in [0.25, 0.3) is 0 Å². The molecule has 1 N–H and O–H groups in total. The van der Waals surface area contributed by atoms with Crippen molar-refractivity contribution in [1.82, 2.24) is 10.2 Å². The van der Waals surface area contributed by atoms with Gasteiger partial charge in [-0.2, -0.15) is 0 Å². The highest BCUT2D eigenvalue weighted by molar-refractivity contribution is 5.88. The van der Waals surface area contributed by atoms with Gasteiger partial charge in [-0.15, -0.1) is 0 Å². The van der Waals surface area contributed by atoms with Crippen LogP contribution in [0.1, 0.15) is 43.0 Å². The third kappa shape index (κ3) is 7.00. The Morgan fingerprint density at radius 1 is 0.966 bits per heavy atom. The SMILES string of the molecule is Cc1cc(C)cc(CC(=O)N(Cc2ccc(F)cc2)C(C)C(=O)NCC(C)C)c1. The van der Waals surface area contributed by atoms with E-state index >= 15 is 0 Å². The van der Waals surface area contributed by atoms with Crippen molar-refractivity contribution in [2.24, 2.45) is 5.92 Å². The lowest BCUT2D eigenvalue weighted by atomic mass is 10.0. The molecule has 0 heterocycles. The minimum atomic E-state index is -0.628. The second kappa shape index (κ2) is 10.2. The van der Waals surface area contributed by atoms with Crippen LogP contribution in [0, 0.1) is 25.6 Å². The molecule has 0 aliphatic rings. The Labute approximate surface area is 173 Å². The van der Waals surface area contributed by atoms with Crippen LogP contribution in [0.2, 0.25) is 0 Å². The van der Waals surface area contributed by atoms with Crippen molar-refractivity contribution in [3.05, 3.63) is 70.5 Å². The van der Waals surface area contributed by atoms with Crippen molar-refractivity contribution in [1.29, 1.82) is 0 Å². The van der Waals surface area contributed by atoms with Crippen LogP contribution in [0.3, 0.4) is 0 Å². The van der Waals surface area contributed by atoms with Gasteiger partial charge < -0.3 is 10.2 Å². The second-order valence-corrected chi connectivity index (χ2v) is 8.14. The number of rotatable bonds is 8. The molecule has 2 aromatic rings. The number of hydrogen-bond donors (Lipinski definition) is 1. The summed E-state index contributed by atoms with van der Waals surface area (Å²) in [5.41, 5.74) is 3.90. The van der Waals surface area contributed by atoms with E-state index in [1.807, 2.05) is 39.8 Å². The van der Waals surface area contributed by atoms with Gasteiger partial charge in [-0.3, -0.25) is 9.59 Å². The Balaban J connectivity index is 2.23. The molecule has 4 nitrogen and oxygen atoms in total. The average Bonchev–Trinajstić information content (AvgIpc) is 2.64. The van der Waals surface area contributed by atoms with E-state index in [-0.39, 0.29) is 30.6 Å².